The van der Waals surface area contributed by atoms with E-state index in [0.717, 1.165) is 44.1 Å². The van der Waals surface area contributed by atoms with Crippen molar-refractivity contribution in [3.63, 3.8) is 0 Å². The SMILES string of the molecule is CN=C(NCCC1CCN(C)CC1)N(C)CCC1CCOCC1. The van der Waals surface area contributed by atoms with E-state index in [2.05, 4.69) is 34.2 Å². The van der Waals surface area contributed by atoms with Crippen LogP contribution < -0.4 is 5.32 Å². The Kier molecular flexibility index (Phi) is 8.17. The van der Waals surface area contributed by atoms with Gasteiger partial charge in [-0.15, -0.1) is 0 Å². The number of piperidine rings is 1. The van der Waals surface area contributed by atoms with E-state index in [-0.39, 0.29) is 0 Å². The first-order valence-corrected chi connectivity index (χ1v) is 9.37. The molecule has 1 N–H and O–H groups in total. The number of rotatable bonds is 6. The predicted octanol–water partition coefficient (Wildman–Crippen LogP) is 2.04. The maximum atomic E-state index is 5.44. The molecule has 0 unspecified atom stereocenters. The molecule has 0 amide bonds. The Balaban J connectivity index is 1.61. The minimum Gasteiger partial charge on any atom is -0.381 e. The van der Waals surface area contributed by atoms with Gasteiger partial charge in [-0.1, -0.05) is 0 Å². The largest absolute Gasteiger partial charge is 0.381 e. The van der Waals surface area contributed by atoms with Crippen LogP contribution in [0.15, 0.2) is 4.99 Å². The van der Waals surface area contributed by atoms with Crippen molar-refractivity contribution in [2.75, 3.05) is 60.5 Å². The minimum atomic E-state index is 0.823. The van der Waals surface area contributed by atoms with Gasteiger partial charge in [0.2, 0.25) is 0 Å². The number of hydrogen-bond donors (Lipinski definition) is 1. The Morgan fingerprint density at radius 2 is 1.78 bits per heavy atom. The highest BCUT2D eigenvalue weighted by atomic mass is 16.5. The molecule has 2 heterocycles. The fourth-order valence-corrected chi connectivity index (χ4v) is 3.64. The molecule has 0 saturated carbocycles. The number of hydrogen-bond acceptors (Lipinski definition) is 3. The number of likely N-dealkylation sites (tertiary alicyclic amines) is 1. The summed E-state index contributed by atoms with van der Waals surface area (Å²) in [4.78, 5) is 9.16. The van der Waals surface area contributed by atoms with Crippen LogP contribution in [0.4, 0.5) is 0 Å². The van der Waals surface area contributed by atoms with Crippen LogP contribution in [0.5, 0.6) is 0 Å². The Labute approximate surface area is 142 Å². The third kappa shape index (κ3) is 6.68. The lowest BCUT2D eigenvalue weighted by molar-refractivity contribution is 0.0625. The number of ether oxygens (including phenoxy) is 1. The molecule has 23 heavy (non-hydrogen) atoms. The summed E-state index contributed by atoms with van der Waals surface area (Å²) in [6, 6.07) is 0. The molecule has 134 valence electrons. The van der Waals surface area contributed by atoms with E-state index in [9.17, 15) is 0 Å². The van der Waals surface area contributed by atoms with Gasteiger partial charge in [-0.05, 0) is 70.5 Å². The highest BCUT2D eigenvalue weighted by Gasteiger charge is 2.17. The second-order valence-corrected chi connectivity index (χ2v) is 7.28. The highest BCUT2D eigenvalue weighted by Crippen LogP contribution is 2.19. The number of nitrogens with one attached hydrogen (secondary N) is 1. The fraction of sp³-hybridized carbons (Fsp3) is 0.944. The zero-order valence-electron chi connectivity index (χ0n) is 15.4. The lowest BCUT2D eigenvalue weighted by Crippen LogP contribution is -2.41. The third-order valence-electron chi connectivity index (χ3n) is 5.46. The monoisotopic (exact) mass is 324 g/mol. The summed E-state index contributed by atoms with van der Waals surface area (Å²) < 4.78 is 5.44. The number of aliphatic imine (C=N–C) groups is 1. The molecule has 0 radical (unpaired) electrons. The minimum absolute atomic E-state index is 0.823. The normalized spacial score (nSPS) is 22.3. The van der Waals surface area contributed by atoms with Crippen LogP contribution >= 0.6 is 0 Å². The molecule has 2 aliphatic heterocycles. The van der Waals surface area contributed by atoms with Crippen molar-refractivity contribution in [3.05, 3.63) is 0 Å². The summed E-state index contributed by atoms with van der Waals surface area (Å²) in [5.74, 6) is 2.75. The molecular formula is C18H36N4O. The van der Waals surface area contributed by atoms with Crippen molar-refractivity contribution in [1.29, 1.82) is 0 Å². The molecule has 5 heteroatoms. The molecule has 5 nitrogen and oxygen atoms in total. The maximum absolute atomic E-state index is 5.44. The average molecular weight is 325 g/mol. The van der Waals surface area contributed by atoms with E-state index in [1.54, 1.807) is 0 Å². The van der Waals surface area contributed by atoms with Crippen LogP contribution in [0.25, 0.3) is 0 Å². The lowest BCUT2D eigenvalue weighted by Gasteiger charge is -2.30. The summed E-state index contributed by atoms with van der Waals surface area (Å²) in [6.45, 7) is 6.52. The molecule has 2 aliphatic rings. The standard InChI is InChI=1S/C18H36N4O/c1-19-18(20-10-4-16-5-11-21(2)12-6-16)22(3)13-7-17-8-14-23-15-9-17/h16-17H,4-15H2,1-3H3,(H,19,20). The first-order valence-electron chi connectivity index (χ1n) is 9.37. The van der Waals surface area contributed by atoms with Gasteiger partial charge in [-0.3, -0.25) is 4.99 Å². The van der Waals surface area contributed by atoms with E-state index >= 15 is 0 Å². The first-order chi connectivity index (χ1) is 11.2. The molecule has 2 fully saturated rings. The van der Waals surface area contributed by atoms with E-state index in [1.807, 2.05) is 7.05 Å². The second-order valence-electron chi connectivity index (χ2n) is 7.28. The van der Waals surface area contributed by atoms with E-state index < -0.39 is 0 Å². The Morgan fingerprint density at radius 3 is 2.43 bits per heavy atom. The molecule has 0 spiro atoms. The lowest BCUT2D eigenvalue weighted by atomic mass is 9.94. The van der Waals surface area contributed by atoms with Gasteiger partial charge in [0, 0.05) is 40.4 Å². The van der Waals surface area contributed by atoms with Crippen LogP contribution in [-0.4, -0.2) is 76.3 Å². The van der Waals surface area contributed by atoms with Gasteiger partial charge < -0.3 is 19.9 Å². The summed E-state index contributed by atoms with van der Waals surface area (Å²) >= 11 is 0. The smallest absolute Gasteiger partial charge is 0.193 e. The van der Waals surface area contributed by atoms with Crippen molar-refractivity contribution in [2.24, 2.45) is 16.8 Å². The summed E-state index contributed by atoms with van der Waals surface area (Å²) in [5, 5.41) is 3.55. The van der Waals surface area contributed by atoms with Gasteiger partial charge in [0.15, 0.2) is 5.96 Å². The predicted molar refractivity (Wildman–Crippen MR) is 97.0 cm³/mol. The zero-order chi connectivity index (χ0) is 16.5. The molecule has 2 rings (SSSR count). The van der Waals surface area contributed by atoms with Crippen LogP contribution in [0, 0.1) is 11.8 Å². The molecular weight excluding hydrogens is 288 g/mol. The molecule has 2 saturated heterocycles. The van der Waals surface area contributed by atoms with Crippen molar-refractivity contribution in [1.82, 2.24) is 15.1 Å². The topological polar surface area (TPSA) is 40.1 Å². The second kappa shape index (κ2) is 10.1. The Bertz CT molecular complexity index is 347. The molecule has 0 aliphatic carbocycles. The van der Waals surface area contributed by atoms with Gasteiger partial charge >= 0.3 is 0 Å². The molecule has 0 aromatic carbocycles. The number of nitrogens with zero attached hydrogens (tertiary/aromatic N) is 3. The van der Waals surface area contributed by atoms with E-state index in [4.69, 9.17) is 4.74 Å². The summed E-state index contributed by atoms with van der Waals surface area (Å²) in [6.07, 6.45) is 7.63. The van der Waals surface area contributed by atoms with Crippen molar-refractivity contribution in [3.8, 4) is 0 Å². The Hall–Kier alpha value is -0.810. The van der Waals surface area contributed by atoms with Crippen LogP contribution in [0.3, 0.4) is 0 Å². The fourth-order valence-electron chi connectivity index (χ4n) is 3.64. The van der Waals surface area contributed by atoms with Crippen LogP contribution in [-0.2, 0) is 4.74 Å². The zero-order valence-corrected chi connectivity index (χ0v) is 15.4. The molecule has 0 aromatic rings. The van der Waals surface area contributed by atoms with Gasteiger partial charge in [-0.25, -0.2) is 0 Å². The number of guanidine groups is 1. The van der Waals surface area contributed by atoms with Crippen LogP contribution in [0.2, 0.25) is 0 Å². The molecule has 0 aromatic heterocycles. The highest BCUT2D eigenvalue weighted by molar-refractivity contribution is 5.79. The van der Waals surface area contributed by atoms with Crippen LogP contribution in [0.1, 0.15) is 38.5 Å². The Morgan fingerprint density at radius 1 is 1.13 bits per heavy atom. The molecule has 0 bridgehead atoms. The molecule has 0 atom stereocenters. The van der Waals surface area contributed by atoms with Crippen molar-refractivity contribution < 1.29 is 4.74 Å². The maximum Gasteiger partial charge on any atom is 0.193 e. The summed E-state index contributed by atoms with van der Waals surface area (Å²) in [5.41, 5.74) is 0. The van der Waals surface area contributed by atoms with Gasteiger partial charge in [0.05, 0.1) is 0 Å². The quantitative estimate of drug-likeness (QED) is 0.600. The first kappa shape index (κ1) is 18.5. The van der Waals surface area contributed by atoms with Gasteiger partial charge in [0.1, 0.15) is 0 Å². The van der Waals surface area contributed by atoms with Gasteiger partial charge in [-0.2, -0.15) is 0 Å². The van der Waals surface area contributed by atoms with Crippen molar-refractivity contribution in [2.45, 2.75) is 38.5 Å². The average Bonchev–Trinajstić information content (AvgIpc) is 2.59. The van der Waals surface area contributed by atoms with Gasteiger partial charge in [0.25, 0.3) is 0 Å². The summed E-state index contributed by atoms with van der Waals surface area (Å²) in [7, 11) is 6.27. The van der Waals surface area contributed by atoms with Crippen molar-refractivity contribution >= 4 is 5.96 Å². The third-order valence-corrected chi connectivity index (χ3v) is 5.46. The van der Waals surface area contributed by atoms with E-state index in [1.165, 1.54) is 51.6 Å². The van der Waals surface area contributed by atoms with E-state index in [0.29, 0.717) is 0 Å².